The third kappa shape index (κ3) is 4.19. The van der Waals surface area contributed by atoms with Gasteiger partial charge in [0.1, 0.15) is 0 Å². The quantitative estimate of drug-likeness (QED) is 0.657. The van der Waals surface area contributed by atoms with Gasteiger partial charge in [-0.15, -0.1) is 0 Å². The first-order chi connectivity index (χ1) is 10.1. The van der Waals surface area contributed by atoms with Gasteiger partial charge >= 0.3 is 0 Å². The number of hydrogen-bond donors (Lipinski definition) is 2. The third-order valence-corrected chi connectivity index (χ3v) is 3.84. The number of anilines is 1. The van der Waals surface area contributed by atoms with E-state index in [-0.39, 0.29) is 17.2 Å². The number of carbonyl (C=O) groups is 1. The minimum Gasteiger partial charge on any atom is -0.325 e. The molecular weight excluding hydrogens is 286 g/mol. The topological polar surface area (TPSA) is 74.8 Å². The number of benzene rings is 1. The van der Waals surface area contributed by atoms with Crippen molar-refractivity contribution in [2.45, 2.75) is 25.4 Å². The van der Waals surface area contributed by atoms with E-state index in [0.29, 0.717) is 17.1 Å². The van der Waals surface area contributed by atoms with Crippen LogP contribution in [0.5, 0.6) is 0 Å². The molecule has 5 nitrogen and oxygen atoms in total. The molecule has 1 aromatic carbocycles. The van der Waals surface area contributed by atoms with Crippen molar-refractivity contribution in [3.63, 3.8) is 0 Å². The number of aromatic nitrogens is 2. The van der Waals surface area contributed by atoms with E-state index < -0.39 is 0 Å². The zero-order chi connectivity index (χ0) is 15.2. The van der Waals surface area contributed by atoms with Gasteiger partial charge in [0.25, 0.3) is 5.56 Å². The second-order valence-electron chi connectivity index (χ2n) is 4.50. The average Bonchev–Trinajstić information content (AvgIpc) is 2.49. The molecule has 0 saturated carbocycles. The van der Waals surface area contributed by atoms with E-state index in [9.17, 15) is 9.59 Å². The fourth-order valence-corrected chi connectivity index (χ4v) is 2.50. The largest absolute Gasteiger partial charge is 0.325 e. The summed E-state index contributed by atoms with van der Waals surface area (Å²) in [5.41, 5.74) is 2.01. The summed E-state index contributed by atoms with van der Waals surface area (Å²) in [6, 6.07) is 9.25. The molecule has 2 aromatic rings. The van der Waals surface area contributed by atoms with Gasteiger partial charge in [-0.25, -0.2) is 4.98 Å². The number of H-pyrrole nitrogens is 1. The Bertz CT molecular complexity index is 683. The van der Waals surface area contributed by atoms with Crippen LogP contribution in [0.4, 0.5) is 5.69 Å². The minimum atomic E-state index is -0.146. The van der Waals surface area contributed by atoms with Crippen molar-refractivity contribution in [2.24, 2.45) is 0 Å². The van der Waals surface area contributed by atoms with Crippen LogP contribution in [0.15, 0.2) is 40.3 Å². The van der Waals surface area contributed by atoms with Gasteiger partial charge < -0.3 is 10.3 Å². The van der Waals surface area contributed by atoms with Gasteiger partial charge in [-0.3, -0.25) is 9.59 Å². The lowest BCUT2D eigenvalue weighted by atomic mass is 10.2. The van der Waals surface area contributed by atoms with E-state index in [1.807, 2.05) is 37.3 Å². The molecule has 1 amide bonds. The Morgan fingerprint density at radius 1 is 1.33 bits per heavy atom. The zero-order valence-electron chi connectivity index (χ0n) is 12.0. The summed E-state index contributed by atoms with van der Waals surface area (Å²) < 4.78 is 0. The summed E-state index contributed by atoms with van der Waals surface area (Å²) in [6.45, 7) is 3.70. The molecule has 1 heterocycles. The highest BCUT2D eigenvalue weighted by molar-refractivity contribution is 7.99. The van der Waals surface area contributed by atoms with Crippen LogP contribution < -0.4 is 10.9 Å². The maximum absolute atomic E-state index is 11.8. The SMILES string of the molecule is CCc1nc(SCC(=O)Nc2ccccc2)[nH]c(=O)c1C. The normalized spacial score (nSPS) is 10.4. The molecule has 0 saturated heterocycles. The lowest BCUT2D eigenvalue weighted by Gasteiger charge is -2.06. The Morgan fingerprint density at radius 3 is 2.71 bits per heavy atom. The first-order valence-corrected chi connectivity index (χ1v) is 7.66. The molecule has 1 aromatic heterocycles. The zero-order valence-corrected chi connectivity index (χ0v) is 12.8. The van der Waals surface area contributed by atoms with Crippen molar-refractivity contribution in [3.8, 4) is 0 Å². The van der Waals surface area contributed by atoms with Gasteiger partial charge in [-0.1, -0.05) is 36.9 Å². The van der Waals surface area contributed by atoms with Crippen LogP contribution in [0.3, 0.4) is 0 Å². The van der Waals surface area contributed by atoms with Gasteiger partial charge in [0.15, 0.2) is 5.16 Å². The number of carbonyl (C=O) groups excluding carboxylic acids is 1. The molecule has 0 unspecified atom stereocenters. The summed E-state index contributed by atoms with van der Waals surface area (Å²) in [6.07, 6.45) is 0.694. The van der Waals surface area contributed by atoms with Crippen molar-refractivity contribution in [2.75, 3.05) is 11.1 Å². The van der Waals surface area contributed by atoms with E-state index in [1.54, 1.807) is 6.92 Å². The number of amides is 1. The van der Waals surface area contributed by atoms with Crippen molar-refractivity contribution in [3.05, 3.63) is 51.9 Å². The highest BCUT2D eigenvalue weighted by atomic mass is 32.2. The predicted octanol–water partition coefficient (Wildman–Crippen LogP) is 2.37. The number of nitrogens with zero attached hydrogens (tertiary/aromatic N) is 1. The molecule has 21 heavy (non-hydrogen) atoms. The second-order valence-corrected chi connectivity index (χ2v) is 5.46. The number of nitrogens with one attached hydrogen (secondary N) is 2. The van der Waals surface area contributed by atoms with E-state index in [4.69, 9.17) is 0 Å². The fraction of sp³-hybridized carbons (Fsp3) is 0.267. The van der Waals surface area contributed by atoms with Crippen LogP contribution in [0.25, 0.3) is 0 Å². The van der Waals surface area contributed by atoms with Gasteiger partial charge in [-0.05, 0) is 25.5 Å². The Morgan fingerprint density at radius 2 is 2.05 bits per heavy atom. The van der Waals surface area contributed by atoms with Crippen molar-refractivity contribution in [1.82, 2.24) is 9.97 Å². The number of aromatic amines is 1. The first-order valence-electron chi connectivity index (χ1n) is 6.67. The van der Waals surface area contributed by atoms with E-state index >= 15 is 0 Å². The molecule has 0 aliphatic heterocycles. The highest BCUT2D eigenvalue weighted by Gasteiger charge is 2.09. The van der Waals surface area contributed by atoms with Gasteiger partial charge in [-0.2, -0.15) is 0 Å². The van der Waals surface area contributed by atoms with Crippen LogP contribution in [-0.2, 0) is 11.2 Å². The summed E-state index contributed by atoms with van der Waals surface area (Å²) in [5, 5.41) is 3.26. The van der Waals surface area contributed by atoms with Crippen molar-refractivity contribution < 1.29 is 4.79 Å². The summed E-state index contributed by atoms with van der Waals surface area (Å²) in [4.78, 5) is 30.6. The molecular formula is C15H17N3O2S. The lowest BCUT2D eigenvalue weighted by molar-refractivity contribution is -0.113. The highest BCUT2D eigenvalue weighted by Crippen LogP contribution is 2.14. The molecule has 0 atom stereocenters. The minimum absolute atomic E-state index is 0.132. The number of hydrogen-bond acceptors (Lipinski definition) is 4. The molecule has 6 heteroatoms. The van der Waals surface area contributed by atoms with E-state index in [1.165, 1.54) is 11.8 Å². The molecule has 110 valence electrons. The first kappa shape index (κ1) is 15.3. The van der Waals surface area contributed by atoms with Crippen LogP contribution >= 0.6 is 11.8 Å². The molecule has 0 radical (unpaired) electrons. The molecule has 0 bridgehead atoms. The second kappa shape index (κ2) is 7.08. The van der Waals surface area contributed by atoms with E-state index in [2.05, 4.69) is 15.3 Å². The summed E-state index contributed by atoms with van der Waals surface area (Å²) >= 11 is 1.22. The number of para-hydroxylation sites is 1. The van der Waals surface area contributed by atoms with Crippen molar-refractivity contribution >= 4 is 23.4 Å². The van der Waals surface area contributed by atoms with Gasteiger partial charge in [0.2, 0.25) is 5.91 Å². The molecule has 2 N–H and O–H groups in total. The number of thioether (sulfide) groups is 1. The van der Waals surface area contributed by atoms with Crippen LogP contribution in [0.1, 0.15) is 18.2 Å². The molecule has 2 rings (SSSR count). The number of aryl methyl sites for hydroxylation is 1. The Labute approximate surface area is 127 Å². The van der Waals surface area contributed by atoms with E-state index in [0.717, 1.165) is 11.4 Å². The van der Waals surface area contributed by atoms with Gasteiger partial charge in [0, 0.05) is 11.3 Å². The summed E-state index contributed by atoms with van der Waals surface area (Å²) in [5.74, 6) is 0.0665. The molecule has 0 aliphatic carbocycles. The smallest absolute Gasteiger partial charge is 0.254 e. The summed E-state index contributed by atoms with van der Waals surface area (Å²) in [7, 11) is 0. The Kier molecular flexibility index (Phi) is 5.16. The van der Waals surface area contributed by atoms with Crippen LogP contribution in [-0.4, -0.2) is 21.6 Å². The predicted molar refractivity (Wildman–Crippen MR) is 84.8 cm³/mol. The van der Waals surface area contributed by atoms with Crippen LogP contribution in [0, 0.1) is 6.92 Å². The molecule has 0 spiro atoms. The lowest BCUT2D eigenvalue weighted by Crippen LogP contribution is -2.17. The van der Waals surface area contributed by atoms with Crippen molar-refractivity contribution in [1.29, 1.82) is 0 Å². The molecule has 0 aliphatic rings. The average molecular weight is 303 g/mol. The monoisotopic (exact) mass is 303 g/mol. The third-order valence-electron chi connectivity index (χ3n) is 2.96. The van der Waals surface area contributed by atoms with Gasteiger partial charge in [0.05, 0.1) is 11.4 Å². The maximum Gasteiger partial charge on any atom is 0.254 e. The standard InChI is InChI=1S/C15H17N3O2S/c1-3-12-10(2)14(20)18-15(17-12)21-9-13(19)16-11-7-5-4-6-8-11/h4-8H,3,9H2,1-2H3,(H,16,19)(H,17,18,20). The number of rotatable bonds is 5. The molecule has 0 fully saturated rings. The van der Waals surface area contributed by atoms with Crippen LogP contribution in [0.2, 0.25) is 0 Å². The fourth-order valence-electron chi connectivity index (χ4n) is 1.82. The maximum atomic E-state index is 11.8. The Hall–Kier alpha value is -2.08. The Balaban J connectivity index is 1.98.